The van der Waals surface area contributed by atoms with E-state index in [1.54, 1.807) is 6.20 Å². The van der Waals surface area contributed by atoms with Gasteiger partial charge in [-0.1, -0.05) is 0 Å². The zero-order chi connectivity index (χ0) is 13.2. The highest BCUT2D eigenvalue weighted by molar-refractivity contribution is 9.10. The number of halogens is 1. The summed E-state index contributed by atoms with van der Waals surface area (Å²) in [6.07, 6.45) is 6.80. The minimum absolute atomic E-state index is 0.0152. The lowest BCUT2D eigenvalue weighted by atomic mass is 10.0. The molecule has 1 aliphatic heterocycles. The van der Waals surface area contributed by atoms with Gasteiger partial charge in [-0.3, -0.25) is 9.78 Å². The van der Waals surface area contributed by atoms with Crippen molar-refractivity contribution in [1.82, 2.24) is 10.3 Å². The summed E-state index contributed by atoms with van der Waals surface area (Å²) < 4.78 is 6.23. The number of ether oxygens (including phenoxy) is 1. The van der Waals surface area contributed by atoms with Crippen molar-refractivity contribution in [2.75, 3.05) is 13.2 Å². The minimum Gasteiger partial charge on any atom is -0.381 e. The molecule has 4 nitrogen and oxygen atoms in total. The summed E-state index contributed by atoms with van der Waals surface area (Å²) in [5, 5.41) is 3.18. The normalized spacial score (nSPS) is 24.2. The van der Waals surface area contributed by atoms with Crippen LogP contribution in [0, 0.1) is 11.8 Å². The Balaban J connectivity index is 1.72. The van der Waals surface area contributed by atoms with Gasteiger partial charge in [0.05, 0.1) is 18.6 Å². The molecule has 5 heteroatoms. The highest BCUT2D eigenvalue weighted by atomic mass is 79.9. The van der Waals surface area contributed by atoms with Crippen LogP contribution in [-0.4, -0.2) is 24.1 Å². The molecule has 0 bridgehead atoms. The molecule has 2 heterocycles. The number of amides is 1. The Morgan fingerprint density at radius 1 is 1.42 bits per heavy atom. The molecular weight excluding hydrogens is 308 g/mol. The SMILES string of the molecule is O=C(NC(c1cncc(Br)c1)C1CC1)C1CCOC1. The molecule has 3 rings (SSSR count). The fraction of sp³-hybridized carbons (Fsp3) is 0.571. The molecule has 1 saturated carbocycles. The molecule has 2 aliphatic rings. The van der Waals surface area contributed by atoms with Crippen LogP contribution in [0.15, 0.2) is 22.9 Å². The number of nitrogens with one attached hydrogen (secondary N) is 1. The minimum atomic E-state index is 0.0152. The van der Waals surface area contributed by atoms with Crippen LogP contribution in [0.1, 0.15) is 30.9 Å². The van der Waals surface area contributed by atoms with E-state index in [1.165, 1.54) is 12.8 Å². The van der Waals surface area contributed by atoms with Crippen LogP contribution in [0.5, 0.6) is 0 Å². The number of rotatable bonds is 4. The van der Waals surface area contributed by atoms with Crippen LogP contribution in [0.3, 0.4) is 0 Å². The van der Waals surface area contributed by atoms with Crippen molar-refractivity contribution in [2.24, 2.45) is 11.8 Å². The molecule has 2 fully saturated rings. The molecule has 2 atom stereocenters. The maximum atomic E-state index is 12.2. The van der Waals surface area contributed by atoms with Crippen molar-refractivity contribution in [2.45, 2.75) is 25.3 Å². The first-order valence-electron chi connectivity index (χ1n) is 6.72. The number of pyridine rings is 1. The molecular formula is C14H17BrN2O2. The summed E-state index contributed by atoms with van der Waals surface area (Å²) in [5.41, 5.74) is 1.09. The summed E-state index contributed by atoms with van der Waals surface area (Å²) in [4.78, 5) is 16.4. The van der Waals surface area contributed by atoms with Gasteiger partial charge in [0.15, 0.2) is 0 Å². The summed E-state index contributed by atoms with van der Waals surface area (Å²) in [6, 6.07) is 2.14. The Morgan fingerprint density at radius 3 is 2.89 bits per heavy atom. The number of aromatic nitrogens is 1. The van der Waals surface area contributed by atoms with Crippen molar-refractivity contribution in [3.05, 3.63) is 28.5 Å². The van der Waals surface area contributed by atoms with Crippen LogP contribution in [0.2, 0.25) is 0 Å². The van der Waals surface area contributed by atoms with Gasteiger partial charge in [-0.05, 0) is 52.7 Å². The number of hydrogen-bond donors (Lipinski definition) is 1. The Hall–Kier alpha value is -0.940. The number of carbonyl (C=O) groups is 1. The van der Waals surface area contributed by atoms with Gasteiger partial charge in [0.25, 0.3) is 0 Å². The Kier molecular flexibility index (Phi) is 3.84. The number of carbonyl (C=O) groups excluding carboxylic acids is 1. The van der Waals surface area contributed by atoms with Crippen LogP contribution in [0.4, 0.5) is 0 Å². The van der Waals surface area contributed by atoms with E-state index < -0.39 is 0 Å². The summed E-state index contributed by atoms with van der Waals surface area (Å²) in [6.45, 7) is 1.25. The van der Waals surface area contributed by atoms with E-state index in [2.05, 4.69) is 26.2 Å². The van der Waals surface area contributed by atoms with Crippen LogP contribution in [-0.2, 0) is 9.53 Å². The lowest BCUT2D eigenvalue weighted by Gasteiger charge is -2.20. The number of hydrogen-bond acceptors (Lipinski definition) is 3. The quantitative estimate of drug-likeness (QED) is 0.925. The van der Waals surface area contributed by atoms with E-state index in [1.807, 2.05) is 12.3 Å². The third kappa shape index (κ3) is 3.15. The number of nitrogens with zero attached hydrogens (tertiary/aromatic N) is 1. The standard InChI is InChI=1S/C14H17BrN2O2/c15-12-5-11(6-16-7-12)13(9-1-2-9)17-14(18)10-3-4-19-8-10/h5-7,9-10,13H,1-4,8H2,(H,17,18). The Labute approximate surface area is 121 Å². The lowest BCUT2D eigenvalue weighted by Crippen LogP contribution is -2.35. The fourth-order valence-electron chi connectivity index (χ4n) is 2.51. The van der Waals surface area contributed by atoms with Gasteiger partial charge in [-0.25, -0.2) is 0 Å². The predicted molar refractivity (Wildman–Crippen MR) is 74.5 cm³/mol. The Bertz CT molecular complexity index is 470. The molecule has 2 unspecified atom stereocenters. The monoisotopic (exact) mass is 324 g/mol. The second-order valence-electron chi connectivity index (χ2n) is 5.32. The van der Waals surface area contributed by atoms with Crippen LogP contribution >= 0.6 is 15.9 Å². The smallest absolute Gasteiger partial charge is 0.226 e. The van der Waals surface area contributed by atoms with Crippen molar-refractivity contribution in [1.29, 1.82) is 0 Å². The summed E-state index contributed by atoms with van der Waals surface area (Å²) in [7, 11) is 0. The molecule has 1 aliphatic carbocycles. The van der Waals surface area contributed by atoms with Gasteiger partial charge in [0.1, 0.15) is 0 Å². The molecule has 1 aromatic heterocycles. The van der Waals surface area contributed by atoms with E-state index in [9.17, 15) is 4.79 Å². The lowest BCUT2D eigenvalue weighted by molar-refractivity contribution is -0.125. The maximum Gasteiger partial charge on any atom is 0.226 e. The molecule has 1 saturated heterocycles. The molecule has 0 aromatic carbocycles. The van der Waals surface area contributed by atoms with Crippen LogP contribution < -0.4 is 5.32 Å². The molecule has 102 valence electrons. The van der Waals surface area contributed by atoms with Gasteiger partial charge in [-0.15, -0.1) is 0 Å². The highest BCUT2D eigenvalue weighted by Gasteiger charge is 2.35. The van der Waals surface area contributed by atoms with Gasteiger partial charge >= 0.3 is 0 Å². The molecule has 0 radical (unpaired) electrons. The third-order valence-corrected chi connectivity index (χ3v) is 4.21. The molecule has 1 N–H and O–H groups in total. The largest absolute Gasteiger partial charge is 0.381 e. The summed E-state index contributed by atoms with van der Waals surface area (Å²) in [5.74, 6) is 0.693. The zero-order valence-corrected chi connectivity index (χ0v) is 12.2. The van der Waals surface area contributed by atoms with Crippen molar-refractivity contribution in [3.63, 3.8) is 0 Å². The summed E-state index contributed by atoms with van der Waals surface area (Å²) >= 11 is 3.44. The molecule has 19 heavy (non-hydrogen) atoms. The van der Waals surface area contributed by atoms with Crippen molar-refractivity contribution >= 4 is 21.8 Å². The first-order valence-corrected chi connectivity index (χ1v) is 7.52. The Morgan fingerprint density at radius 2 is 2.26 bits per heavy atom. The van der Waals surface area contributed by atoms with E-state index in [0.717, 1.165) is 16.5 Å². The topological polar surface area (TPSA) is 51.2 Å². The molecule has 1 amide bonds. The van der Waals surface area contributed by atoms with Gasteiger partial charge in [0.2, 0.25) is 5.91 Å². The van der Waals surface area contributed by atoms with Crippen molar-refractivity contribution < 1.29 is 9.53 Å². The molecule has 0 spiro atoms. The first kappa shape index (κ1) is 13.1. The molecule has 1 aromatic rings. The first-order chi connectivity index (χ1) is 9.24. The highest BCUT2D eigenvalue weighted by Crippen LogP contribution is 2.41. The van der Waals surface area contributed by atoms with Crippen molar-refractivity contribution in [3.8, 4) is 0 Å². The fourth-order valence-corrected chi connectivity index (χ4v) is 2.90. The van der Waals surface area contributed by atoms with E-state index in [0.29, 0.717) is 19.1 Å². The zero-order valence-electron chi connectivity index (χ0n) is 10.6. The second kappa shape index (κ2) is 5.59. The average molecular weight is 325 g/mol. The van der Waals surface area contributed by atoms with E-state index in [-0.39, 0.29) is 17.9 Å². The predicted octanol–water partition coefficient (Wildman–Crippen LogP) is 2.45. The van der Waals surface area contributed by atoms with E-state index in [4.69, 9.17) is 4.74 Å². The van der Waals surface area contributed by atoms with Gasteiger partial charge in [-0.2, -0.15) is 0 Å². The maximum absolute atomic E-state index is 12.2. The van der Waals surface area contributed by atoms with E-state index >= 15 is 0 Å². The second-order valence-corrected chi connectivity index (χ2v) is 6.24. The van der Waals surface area contributed by atoms with Gasteiger partial charge < -0.3 is 10.1 Å². The van der Waals surface area contributed by atoms with Gasteiger partial charge in [0, 0.05) is 23.5 Å². The van der Waals surface area contributed by atoms with Crippen LogP contribution in [0.25, 0.3) is 0 Å². The average Bonchev–Trinajstić information content (AvgIpc) is 3.09. The third-order valence-electron chi connectivity index (χ3n) is 3.78.